The van der Waals surface area contributed by atoms with Gasteiger partial charge >= 0.3 is 6.09 Å². The average molecular weight is 440 g/mol. The van der Waals surface area contributed by atoms with Crippen LogP contribution in [0.5, 0.6) is 0 Å². The molecule has 27 heavy (non-hydrogen) atoms. The van der Waals surface area contributed by atoms with Gasteiger partial charge in [-0.15, -0.1) is 0 Å². The first-order valence-electron chi connectivity index (χ1n) is 8.86. The van der Waals surface area contributed by atoms with Crippen LogP contribution in [-0.2, 0) is 9.53 Å². The highest BCUT2D eigenvalue weighted by Crippen LogP contribution is 2.30. The molecule has 1 atom stereocenters. The number of anilines is 1. The SMILES string of the molecule is CNC(=O)c1cc(C)cc(Br)c1NC(=O)C1CCCN1C(=O)OC(C)(C)C. The summed E-state index contributed by atoms with van der Waals surface area (Å²) in [6.45, 7) is 7.69. The van der Waals surface area contributed by atoms with Crippen molar-refractivity contribution in [3.05, 3.63) is 27.7 Å². The molecule has 1 aromatic rings. The summed E-state index contributed by atoms with van der Waals surface area (Å²) in [5.41, 5.74) is 1.00. The molecular weight excluding hydrogens is 414 g/mol. The third-order valence-corrected chi connectivity index (χ3v) is 4.76. The van der Waals surface area contributed by atoms with Crippen molar-refractivity contribution in [2.75, 3.05) is 18.9 Å². The van der Waals surface area contributed by atoms with Gasteiger partial charge in [0.2, 0.25) is 5.91 Å². The van der Waals surface area contributed by atoms with Crippen LogP contribution in [0, 0.1) is 6.92 Å². The Morgan fingerprint density at radius 3 is 2.52 bits per heavy atom. The zero-order valence-corrected chi connectivity index (χ0v) is 17.9. The smallest absolute Gasteiger partial charge is 0.410 e. The van der Waals surface area contributed by atoms with E-state index in [1.54, 1.807) is 26.8 Å². The number of hydrogen-bond acceptors (Lipinski definition) is 4. The zero-order chi connectivity index (χ0) is 20.4. The van der Waals surface area contributed by atoms with Gasteiger partial charge in [0.15, 0.2) is 0 Å². The fourth-order valence-corrected chi connectivity index (χ4v) is 3.64. The molecule has 2 rings (SSSR count). The quantitative estimate of drug-likeness (QED) is 0.754. The first-order chi connectivity index (χ1) is 12.5. The molecule has 8 heteroatoms. The number of nitrogens with zero attached hydrogens (tertiary/aromatic N) is 1. The minimum atomic E-state index is -0.634. The van der Waals surface area contributed by atoms with Gasteiger partial charge in [-0.05, 0) is 74.2 Å². The van der Waals surface area contributed by atoms with E-state index in [-0.39, 0.29) is 11.8 Å². The number of halogens is 1. The van der Waals surface area contributed by atoms with Crippen molar-refractivity contribution < 1.29 is 19.1 Å². The summed E-state index contributed by atoms with van der Waals surface area (Å²) in [6, 6.07) is 2.90. The molecule has 1 aliphatic rings. The fourth-order valence-electron chi connectivity index (χ4n) is 2.97. The second-order valence-corrected chi connectivity index (χ2v) is 8.42. The Kier molecular flexibility index (Phi) is 6.51. The second-order valence-electron chi connectivity index (χ2n) is 7.57. The summed E-state index contributed by atoms with van der Waals surface area (Å²) in [6.07, 6.45) is 0.758. The van der Waals surface area contributed by atoms with Gasteiger partial charge in [0.1, 0.15) is 11.6 Å². The molecular formula is C19H26BrN3O4. The Hall–Kier alpha value is -2.09. The van der Waals surface area contributed by atoms with Gasteiger partial charge in [-0.1, -0.05) is 0 Å². The van der Waals surface area contributed by atoms with E-state index in [4.69, 9.17) is 4.74 Å². The Bertz CT molecular complexity index is 758. The van der Waals surface area contributed by atoms with Gasteiger partial charge in [0.25, 0.3) is 5.91 Å². The highest BCUT2D eigenvalue weighted by molar-refractivity contribution is 9.10. The number of nitrogens with one attached hydrogen (secondary N) is 2. The number of ether oxygens (including phenoxy) is 1. The Balaban J connectivity index is 2.24. The van der Waals surface area contributed by atoms with E-state index in [1.165, 1.54) is 11.9 Å². The van der Waals surface area contributed by atoms with E-state index in [9.17, 15) is 14.4 Å². The molecule has 3 amide bonds. The highest BCUT2D eigenvalue weighted by Gasteiger charge is 2.37. The molecule has 1 aromatic carbocycles. The van der Waals surface area contributed by atoms with Gasteiger partial charge in [0, 0.05) is 18.1 Å². The van der Waals surface area contributed by atoms with Crippen molar-refractivity contribution in [2.45, 2.75) is 52.2 Å². The molecule has 0 spiro atoms. The second kappa shape index (κ2) is 8.29. The van der Waals surface area contributed by atoms with Gasteiger partial charge < -0.3 is 15.4 Å². The van der Waals surface area contributed by atoms with E-state index < -0.39 is 17.7 Å². The number of carbonyl (C=O) groups excluding carboxylic acids is 3. The topological polar surface area (TPSA) is 87.7 Å². The zero-order valence-electron chi connectivity index (χ0n) is 16.3. The van der Waals surface area contributed by atoms with Crippen LogP contribution in [0.3, 0.4) is 0 Å². The monoisotopic (exact) mass is 439 g/mol. The molecule has 1 heterocycles. The Labute approximate surface area is 167 Å². The number of hydrogen-bond donors (Lipinski definition) is 2. The van der Waals surface area contributed by atoms with E-state index in [0.717, 1.165) is 5.56 Å². The predicted molar refractivity (Wildman–Crippen MR) is 107 cm³/mol. The molecule has 0 bridgehead atoms. The molecule has 0 saturated carbocycles. The maximum absolute atomic E-state index is 12.9. The van der Waals surface area contributed by atoms with E-state index in [0.29, 0.717) is 35.1 Å². The molecule has 0 radical (unpaired) electrons. The molecule has 1 saturated heterocycles. The van der Waals surface area contributed by atoms with Crippen molar-refractivity contribution in [3.63, 3.8) is 0 Å². The van der Waals surface area contributed by atoms with Crippen LogP contribution in [0.15, 0.2) is 16.6 Å². The molecule has 2 N–H and O–H groups in total. The highest BCUT2D eigenvalue weighted by atomic mass is 79.9. The first-order valence-corrected chi connectivity index (χ1v) is 9.65. The van der Waals surface area contributed by atoms with E-state index in [2.05, 4.69) is 26.6 Å². The molecule has 1 aliphatic heterocycles. The van der Waals surface area contributed by atoms with Crippen LogP contribution in [0.1, 0.15) is 49.5 Å². The lowest BCUT2D eigenvalue weighted by molar-refractivity contribution is -0.120. The van der Waals surface area contributed by atoms with Crippen LogP contribution in [0.4, 0.5) is 10.5 Å². The van der Waals surface area contributed by atoms with Crippen LogP contribution >= 0.6 is 15.9 Å². The average Bonchev–Trinajstić information content (AvgIpc) is 3.04. The number of carbonyl (C=O) groups is 3. The predicted octanol–water partition coefficient (Wildman–Crippen LogP) is 3.46. The summed E-state index contributed by atoms with van der Waals surface area (Å²) < 4.78 is 6.01. The van der Waals surface area contributed by atoms with Crippen molar-refractivity contribution in [1.29, 1.82) is 0 Å². The molecule has 1 unspecified atom stereocenters. The van der Waals surface area contributed by atoms with Gasteiger partial charge in [-0.3, -0.25) is 14.5 Å². The number of rotatable bonds is 3. The minimum Gasteiger partial charge on any atom is -0.444 e. The fraction of sp³-hybridized carbons (Fsp3) is 0.526. The van der Waals surface area contributed by atoms with Crippen molar-refractivity contribution in [1.82, 2.24) is 10.2 Å². The van der Waals surface area contributed by atoms with Crippen LogP contribution in [-0.4, -0.2) is 48.0 Å². The summed E-state index contributed by atoms with van der Waals surface area (Å²) in [4.78, 5) is 38.9. The number of benzene rings is 1. The summed E-state index contributed by atoms with van der Waals surface area (Å²) in [5, 5.41) is 5.39. The maximum atomic E-state index is 12.9. The minimum absolute atomic E-state index is 0.301. The van der Waals surface area contributed by atoms with Gasteiger partial charge in [-0.2, -0.15) is 0 Å². The van der Waals surface area contributed by atoms with Gasteiger partial charge in [0.05, 0.1) is 11.3 Å². The lowest BCUT2D eigenvalue weighted by Gasteiger charge is -2.28. The number of amides is 3. The molecule has 148 valence electrons. The number of likely N-dealkylation sites (tertiary alicyclic amines) is 1. The maximum Gasteiger partial charge on any atom is 0.410 e. The van der Waals surface area contributed by atoms with Gasteiger partial charge in [-0.25, -0.2) is 4.79 Å². The molecule has 7 nitrogen and oxygen atoms in total. The lowest BCUT2D eigenvalue weighted by Crippen LogP contribution is -2.45. The van der Waals surface area contributed by atoms with E-state index >= 15 is 0 Å². The van der Waals surface area contributed by atoms with Crippen LogP contribution in [0.25, 0.3) is 0 Å². The van der Waals surface area contributed by atoms with Crippen LogP contribution in [0.2, 0.25) is 0 Å². The standard InChI is InChI=1S/C19H26BrN3O4/c1-11-9-12(16(24)21-5)15(13(20)10-11)22-17(25)14-7-6-8-23(14)18(26)27-19(2,3)4/h9-10,14H,6-8H2,1-5H3,(H,21,24)(H,22,25). The van der Waals surface area contributed by atoms with Crippen molar-refractivity contribution in [3.8, 4) is 0 Å². The molecule has 0 aromatic heterocycles. The third-order valence-electron chi connectivity index (χ3n) is 4.14. The van der Waals surface area contributed by atoms with Crippen molar-refractivity contribution in [2.24, 2.45) is 0 Å². The summed E-state index contributed by atoms with van der Waals surface area (Å²) in [7, 11) is 1.53. The van der Waals surface area contributed by atoms with Crippen molar-refractivity contribution >= 4 is 39.5 Å². The normalized spacial score (nSPS) is 16.8. The third kappa shape index (κ3) is 5.22. The first kappa shape index (κ1) is 21.2. The Morgan fingerprint density at radius 2 is 1.93 bits per heavy atom. The van der Waals surface area contributed by atoms with Crippen LogP contribution < -0.4 is 10.6 Å². The Morgan fingerprint density at radius 1 is 1.26 bits per heavy atom. The van der Waals surface area contributed by atoms with E-state index in [1.807, 2.05) is 13.0 Å². The lowest BCUT2D eigenvalue weighted by atomic mass is 10.1. The largest absolute Gasteiger partial charge is 0.444 e. The molecule has 0 aliphatic carbocycles. The summed E-state index contributed by atoms with van der Waals surface area (Å²) in [5.74, 6) is -0.641. The molecule has 1 fully saturated rings. The summed E-state index contributed by atoms with van der Waals surface area (Å²) >= 11 is 3.42. The number of aryl methyl sites for hydroxylation is 1.